The van der Waals surface area contributed by atoms with E-state index in [1.165, 1.54) is 12.8 Å². The molecule has 0 aromatic carbocycles. The van der Waals surface area contributed by atoms with Gasteiger partial charge < -0.3 is 20.1 Å². The molecule has 1 aliphatic carbocycles. The number of nitrogens with two attached hydrogens (primary N) is 1. The summed E-state index contributed by atoms with van der Waals surface area (Å²) in [6.45, 7) is 6.88. The second kappa shape index (κ2) is 8.71. The Labute approximate surface area is 156 Å². The fourth-order valence-electron chi connectivity index (χ4n) is 3.57. The highest BCUT2D eigenvalue weighted by molar-refractivity contribution is 5.71. The molecule has 1 aromatic heterocycles. The Kier molecular flexibility index (Phi) is 6.35. The lowest BCUT2D eigenvalue weighted by Gasteiger charge is -2.36. The molecule has 1 aromatic rings. The largest absolute Gasteiger partial charge is 0.466 e. The van der Waals surface area contributed by atoms with Gasteiger partial charge in [0.15, 0.2) is 5.82 Å². The predicted molar refractivity (Wildman–Crippen MR) is 102 cm³/mol. The van der Waals surface area contributed by atoms with E-state index in [-0.39, 0.29) is 11.9 Å². The molecule has 144 valence electrons. The average Bonchev–Trinajstić information content (AvgIpc) is 3.45. The number of rotatable bonds is 8. The van der Waals surface area contributed by atoms with Crippen LogP contribution in [-0.4, -0.2) is 43.4 Å². The molecule has 2 heterocycles. The van der Waals surface area contributed by atoms with Crippen molar-refractivity contribution in [3.8, 4) is 0 Å². The van der Waals surface area contributed by atoms with Crippen molar-refractivity contribution < 1.29 is 14.3 Å². The summed E-state index contributed by atoms with van der Waals surface area (Å²) in [5.41, 5.74) is 8.08. The van der Waals surface area contributed by atoms with Crippen LogP contribution in [0.2, 0.25) is 0 Å². The van der Waals surface area contributed by atoms with Crippen LogP contribution in [0.4, 0.5) is 11.5 Å². The summed E-state index contributed by atoms with van der Waals surface area (Å²) < 4.78 is 10.6. The molecule has 1 saturated heterocycles. The van der Waals surface area contributed by atoms with Crippen molar-refractivity contribution >= 4 is 17.5 Å². The zero-order valence-corrected chi connectivity index (χ0v) is 15.9. The van der Waals surface area contributed by atoms with E-state index in [1.807, 2.05) is 26.1 Å². The first-order chi connectivity index (χ1) is 12.6. The van der Waals surface area contributed by atoms with Crippen LogP contribution < -0.4 is 10.6 Å². The molecule has 2 fully saturated rings. The first-order valence-corrected chi connectivity index (χ1v) is 9.83. The Bertz CT molecular complexity index is 612. The number of hydrogen-bond acceptors (Lipinski definition) is 6. The number of nitrogens with zero attached hydrogens (tertiary/aromatic N) is 2. The smallest absolute Gasteiger partial charge is 0.306 e. The van der Waals surface area contributed by atoms with Crippen molar-refractivity contribution in [3.63, 3.8) is 0 Å². The second-order valence-corrected chi connectivity index (χ2v) is 7.53. The molecule has 26 heavy (non-hydrogen) atoms. The van der Waals surface area contributed by atoms with Gasteiger partial charge in [0.1, 0.15) is 0 Å². The van der Waals surface area contributed by atoms with E-state index < -0.39 is 0 Å². The van der Waals surface area contributed by atoms with Gasteiger partial charge in [0.2, 0.25) is 0 Å². The predicted octanol–water partition coefficient (Wildman–Crippen LogP) is 3.12. The van der Waals surface area contributed by atoms with Crippen LogP contribution >= 0.6 is 0 Å². The molecule has 0 spiro atoms. The van der Waals surface area contributed by atoms with Gasteiger partial charge in [0, 0.05) is 32.0 Å². The van der Waals surface area contributed by atoms with Crippen molar-refractivity contribution in [3.05, 3.63) is 17.8 Å². The van der Waals surface area contributed by atoms with Crippen LogP contribution in [0, 0.1) is 5.92 Å². The van der Waals surface area contributed by atoms with E-state index in [9.17, 15) is 4.79 Å². The van der Waals surface area contributed by atoms with E-state index in [0.717, 1.165) is 49.9 Å². The van der Waals surface area contributed by atoms with Gasteiger partial charge in [-0.15, -0.1) is 0 Å². The van der Waals surface area contributed by atoms with Crippen LogP contribution in [0.1, 0.15) is 57.4 Å². The molecule has 0 radical (unpaired) electrons. The molecule has 1 saturated carbocycles. The molecular formula is C20H31N3O3. The molecule has 1 unspecified atom stereocenters. The number of carbonyl (C=O) groups excluding carboxylic acids is 1. The molecule has 6 heteroatoms. The second-order valence-electron chi connectivity index (χ2n) is 7.53. The fourth-order valence-corrected chi connectivity index (χ4v) is 3.57. The third-order valence-corrected chi connectivity index (χ3v) is 5.32. The maximum Gasteiger partial charge on any atom is 0.306 e. The third-order valence-electron chi connectivity index (χ3n) is 5.32. The zero-order chi connectivity index (χ0) is 18.5. The number of aromatic nitrogens is 1. The summed E-state index contributed by atoms with van der Waals surface area (Å²) >= 11 is 0. The van der Waals surface area contributed by atoms with Crippen molar-refractivity contribution in [1.29, 1.82) is 0 Å². The van der Waals surface area contributed by atoms with Crippen LogP contribution in [0.3, 0.4) is 0 Å². The van der Waals surface area contributed by atoms with Crippen molar-refractivity contribution in [1.82, 2.24) is 4.98 Å². The van der Waals surface area contributed by atoms with Gasteiger partial charge in [-0.1, -0.05) is 6.92 Å². The van der Waals surface area contributed by atoms with Gasteiger partial charge in [0.25, 0.3) is 0 Å². The maximum absolute atomic E-state index is 11.7. The molecule has 1 atom stereocenters. The topological polar surface area (TPSA) is 77.7 Å². The van der Waals surface area contributed by atoms with Gasteiger partial charge in [0.05, 0.1) is 18.7 Å². The number of hydrogen-bond donors (Lipinski definition) is 1. The molecule has 2 aliphatic rings. The van der Waals surface area contributed by atoms with Gasteiger partial charge in [-0.2, -0.15) is 0 Å². The van der Waals surface area contributed by atoms with E-state index in [0.29, 0.717) is 24.8 Å². The number of anilines is 2. The summed E-state index contributed by atoms with van der Waals surface area (Å²) in [6.07, 6.45) is 6.86. The van der Waals surface area contributed by atoms with Gasteiger partial charge in [-0.25, -0.2) is 4.98 Å². The molecular weight excluding hydrogens is 330 g/mol. The van der Waals surface area contributed by atoms with E-state index in [4.69, 9.17) is 20.2 Å². The first kappa shape index (κ1) is 19.0. The Morgan fingerprint density at radius 3 is 2.73 bits per heavy atom. The molecule has 0 bridgehead atoms. The van der Waals surface area contributed by atoms with Crippen LogP contribution in [0.5, 0.6) is 0 Å². The molecule has 1 aliphatic heterocycles. The Balaban J connectivity index is 1.74. The lowest BCUT2D eigenvalue weighted by Crippen LogP contribution is -2.41. The van der Waals surface area contributed by atoms with E-state index in [2.05, 4.69) is 4.90 Å². The quantitative estimate of drug-likeness (QED) is 0.717. The highest BCUT2D eigenvalue weighted by atomic mass is 16.5. The monoisotopic (exact) mass is 361 g/mol. The molecule has 0 amide bonds. The summed E-state index contributed by atoms with van der Waals surface area (Å²) in [4.78, 5) is 18.8. The standard InChI is InChI=1S/C20H31N3O3/c1-3-26-19(24)10-14(2)16-11-18(21)20(22-12-16)23(13-15-4-5-15)17-6-8-25-9-7-17/h11-12,14-15,17H,3-10,13,21H2,1-2H3. The Morgan fingerprint density at radius 2 is 2.12 bits per heavy atom. The minimum Gasteiger partial charge on any atom is -0.466 e. The normalized spacial score (nSPS) is 19.2. The maximum atomic E-state index is 11.7. The first-order valence-electron chi connectivity index (χ1n) is 9.83. The van der Waals surface area contributed by atoms with Crippen molar-refractivity contribution in [2.24, 2.45) is 5.92 Å². The van der Waals surface area contributed by atoms with Crippen LogP contribution in [-0.2, 0) is 14.3 Å². The lowest BCUT2D eigenvalue weighted by atomic mass is 9.99. The fraction of sp³-hybridized carbons (Fsp3) is 0.700. The van der Waals surface area contributed by atoms with Crippen molar-refractivity contribution in [2.75, 3.05) is 37.0 Å². The number of esters is 1. The van der Waals surface area contributed by atoms with Gasteiger partial charge in [-0.3, -0.25) is 4.79 Å². The number of pyridine rings is 1. The van der Waals surface area contributed by atoms with E-state index in [1.54, 1.807) is 0 Å². The highest BCUT2D eigenvalue weighted by Crippen LogP contribution is 2.35. The van der Waals surface area contributed by atoms with Crippen LogP contribution in [0.15, 0.2) is 12.3 Å². The summed E-state index contributed by atoms with van der Waals surface area (Å²) in [5, 5.41) is 0. The summed E-state index contributed by atoms with van der Waals surface area (Å²) in [7, 11) is 0. The zero-order valence-electron chi connectivity index (χ0n) is 15.9. The molecule has 6 nitrogen and oxygen atoms in total. The summed E-state index contributed by atoms with van der Waals surface area (Å²) in [6, 6.07) is 2.42. The lowest BCUT2D eigenvalue weighted by molar-refractivity contribution is -0.143. The van der Waals surface area contributed by atoms with Gasteiger partial charge >= 0.3 is 5.97 Å². The van der Waals surface area contributed by atoms with E-state index >= 15 is 0 Å². The van der Waals surface area contributed by atoms with Crippen LogP contribution in [0.25, 0.3) is 0 Å². The summed E-state index contributed by atoms with van der Waals surface area (Å²) in [5.74, 6) is 1.51. The Morgan fingerprint density at radius 1 is 1.38 bits per heavy atom. The minimum absolute atomic E-state index is 0.0397. The third kappa shape index (κ3) is 4.87. The molecule has 3 rings (SSSR count). The number of carbonyl (C=O) groups is 1. The average molecular weight is 361 g/mol. The molecule has 2 N–H and O–H groups in total. The van der Waals surface area contributed by atoms with Crippen molar-refractivity contribution in [2.45, 2.75) is 57.9 Å². The minimum atomic E-state index is -0.180. The number of ether oxygens (including phenoxy) is 2. The highest BCUT2D eigenvalue weighted by Gasteiger charge is 2.31. The number of nitrogen functional groups attached to an aromatic ring is 1. The van der Waals surface area contributed by atoms with Gasteiger partial charge in [-0.05, 0) is 56.1 Å². The Hall–Kier alpha value is -1.82. The SMILES string of the molecule is CCOC(=O)CC(C)c1cnc(N(CC2CC2)C2CCOCC2)c(N)c1.